The smallest absolute Gasteiger partial charge is 0.339 e. The number of ether oxygens (including phenoxy) is 2. The van der Waals surface area contributed by atoms with Crippen LogP contribution in [0.1, 0.15) is 24.2 Å². The number of rotatable bonds is 4. The summed E-state index contributed by atoms with van der Waals surface area (Å²) in [5.74, 6) is -0.690. The molecular weight excluding hydrogens is 330 g/mol. The minimum absolute atomic E-state index is 0.0165. The number of esters is 1. The van der Waals surface area contributed by atoms with Gasteiger partial charge in [-0.3, -0.25) is 4.79 Å². The Hall–Kier alpha value is -2.66. The highest BCUT2D eigenvalue weighted by atomic mass is 16.5. The lowest BCUT2D eigenvalue weighted by Crippen LogP contribution is -2.49. The van der Waals surface area contributed by atoms with E-state index in [1.54, 1.807) is 17.0 Å². The molecule has 0 saturated carbocycles. The van der Waals surface area contributed by atoms with E-state index >= 15 is 0 Å². The van der Waals surface area contributed by atoms with Crippen LogP contribution >= 0.6 is 0 Å². The Morgan fingerprint density at radius 2 is 1.62 bits per heavy atom. The van der Waals surface area contributed by atoms with Gasteiger partial charge in [-0.05, 0) is 31.0 Å². The van der Waals surface area contributed by atoms with E-state index in [4.69, 9.17) is 9.47 Å². The fourth-order valence-electron chi connectivity index (χ4n) is 3.21. The summed E-state index contributed by atoms with van der Waals surface area (Å²) in [7, 11) is 0. The minimum atomic E-state index is -0.493. The first-order chi connectivity index (χ1) is 12.5. The van der Waals surface area contributed by atoms with Crippen LogP contribution in [0.4, 0.5) is 0 Å². The van der Waals surface area contributed by atoms with E-state index in [1.807, 2.05) is 56.3 Å². The van der Waals surface area contributed by atoms with E-state index in [0.717, 1.165) is 11.1 Å². The second kappa shape index (κ2) is 8.15. The Morgan fingerprint density at radius 1 is 1.00 bits per heavy atom. The van der Waals surface area contributed by atoms with E-state index in [9.17, 15) is 9.59 Å². The molecule has 26 heavy (non-hydrogen) atoms. The molecule has 1 aliphatic heterocycles. The van der Waals surface area contributed by atoms with Gasteiger partial charge in [0.15, 0.2) is 6.61 Å². The van der Waals surface area contributed by atoms with Gasteiger partial charge in [0.05, 0.1) is 17.8 Å². The van der Waals surface area contributed by atoms with Crippen molar-refractivity contribution in [3.8, 4) is 11.1 Å². The zero-order valence-corrected chi connectivity index (χ0v) is 15.1. The van der Waals surface area contributed by atoms with E-state index < -0.39 is 5.97 Å². The molecule has 136 valence electrons. The third kappa shape index (κ3) is 4.29. The Morgan fingerprint density at radius 3 is 2.31 bits per heavy atom. The zero-order chi connectivity index (χ0) is 18.5. The molecule has 0 radical (unpaired) electrons. The van der Waals surface area contributed by atoms with Crippen molar-refractivity contribution in [2.45, 2.75) is 26.1 Å². The minimum Gasteiger partial charge on any atom is -0.452 e. The molecule has 1 heterocycles. The highest BCUT2D eigenvalue weighted by Gasteiger charge is 2.26. The first-order valence-corrected chi connectivity index (χ1v) is 8.79. The molecule has 0 aromatic heterocycles. The zero-order valence-electron chi connectivity index (χ0n) is 15.1. The first-order valence-electron chi connectivity index (χ1n) is 8.79. The third-order valence-electron chi connectivity index (χ3n) is 4.33. The molecule has 0 N–H and O–H groups in total. The van der Waals surface area contributed by atoms with Gasteiger partial charge in [0.25, 0.3) is 5.91 Å². The lowest BCUT2D eigenvalue weighted by Gasteiger charge is -2.35. The van der Waals surface area contributed by atoms with Crippen LogP contribution in [0.5, 0.6) is 0 Å². The summed E-state index contributed by atoms with van der Waals surface area (Å²) < 4.78 is 10.9. The highest BCUT2D eigenvalue weighted by Crippen LogP contribution is 2.24. The van der Waals surface area contributed by atoms with Crippen LogP contribution in [0.3, 0.4) is 0 Å². The molecule has 2 atom stereocenters. The van der Waals surface area contributed by atoms with Crippen molar-refractivity contribution in [1.29, 1.82) is 0 Å². The molecule has 1 aliphatic rings. The molecule has 0 aliphatic carbocycles. The van der Waals surface area contributed by atoms with Gasteiger partial charge in [0, 0.05) is 13.1 Å². The number of benzene rings is 2. The topological polar surface area (TPSA) is 55.8 Å². The Bertz CT molecular complexity index is 765. The van der Waals surface area contributed by atoms with Crippen molar-refractivity contribution in [3.05, 3.63) is 60.2 Å². The highest BCUT2D eigenvalue weighted by molar-refractivity contribution is 5.98. The summed E-state index contributed by atoms with van der Waals surface area (Å²) in [6.45, 7) is 4.63. The monoisotopic (exact) mass is 353 g/mol. The molecule has 0 spiro atoms. The fraction of sp³-hybridized carbons (Fsp3) is 0.333. The van der Waals surface area contributed by atoms with Crippen molar-refractivity contribution in [1.82, 2.24) is 4.90 Å². The van der Waals surface area contributed by atoms with Gasteiger partial charge in [-0.1, -0.05) is 48.5 Å². The maximum Gasteiger partial charge on any atom is 0.339 e. The van der Waals surface area contributed by atoms with E-state index in [2.05, 4.69) is 0 Å². The molecule has 1 fully saturated rings. The predicted molar refractivity (Wildman–Crippen MR) is 98.7 cm³/mol. The van der Waals surface area contributed by atoms with Crippen LogP contribution in [0.15, 0.2) is 54.6 Å². The third-order valence-corrected chi connectivity index (χ3v) is 4.33. The molecular formula is C21H23NO4. The van der Waals surface area contributed by atoms with Gasteiger partial charge in [-0.15, -0.1) is 0 Å². The number of nitrogens with zero attached hydrogens (tertiary/aromatic N) is 1. The Kier molecular flexibility index (Phi) is 5.68. The maximum atomic E-state index is 12.5. The Balaban J connectivity index is 1.67. The maximum absolute atomic E-state index is 12.5. The van der Waals surface area contributed by atoms with E-state index in [0.29, 0.717) is 18.7 Å². The predicted octanol–water partition coefficient (Wildman–Crippen LogP) is 3.15. The molecule has 2 aromatic carbocycles. The van der Waals surface area contributed by atoms with Gasteiger partial charge in [0.2, 0.25) is 0 Å². The number of hydrogen-bond donors (Lipinski definition) is 0. The van der Waals surface area contributed by atoms with Gasteiger partial charge < -0.3 is 14.4 Å². The Labute approximate surface area is 153 Å². The summed E-state index contributed by atoms with van der Waals surface area (Å²) in [6, 6.07) is 16.9. The normalized spacial score (nSPS) is 19.8. The molecule has 1 saturated heterocycles. The van der Waals surface area contributed by atoms with Crippen LogP contribution in [-0.4, -0.2) is 48.7 Å². The summed E-state index contributed by atoms with van der Waals surface area (Å²) in [6.07, 6.45) is -0.0329. The quantitative estimate of drug-likeness (QED) is 0.793. The number of morpholine rings is 1. The largest absolute Gasteiger partial charge is 0.452 e. The molecule has 5 nitrogen and oxygen atoms in total. The van der Waals surface area contributed by atoms with E-state index in [-0.39, 0.29) is 24.7 Å². The van der Waals surface area contributed by atoms with Crippen molar-refractivity contribution in [2.24, 2.45) is 0 Å². The number of hydrogen-bond acceptors (Lipinski definition) is 4. The number of carbonyl (C=O) groups excluding carboxylic acids is 2. The SMILES string of the molecule is C[C@H]1CN(C(=O)COC(=O)c2ccccc2-c2ccccc2)C[C@H](C)O1. The summed E-state index contributed by atoms with van der Waals surface area (Å²) in [4.78, 5) is 26.6. The first kappa shape index (κ1) is 18.1. The molecule has 2 aromatic rings. The van der Waals surface area contributed by atoms with Crippen LogP contribution in [-0.2, 0) is 14.3 Å². The molecule has 3 rings (SSSR count). The molecule has 1 amide bonds. The summed E-state index contributed by atoms with van der Waals surface area (Å²) in [5, 5.41) is 0. The van der Waals surface area contributed by atoms with Gasteiger partial charge >= 0.3 is 5.97 Å². The van der Waals surface area contributed by atoms with Gasteiger partial charge in [-0.25, -0.2) is 4.79 Å². The average molecular weight is 353 g/mol. The molecule has 5 heteroatoms. The average Bonchev–Trinajstić information content (AvgIpc) is 2.65. The standard InChI is InChI=1S/C21H23NO4/c1-15-12-22(13-16(2)26-15)20(23)14-25-21(24)19-11-7-6-10-18(19)17-8-4-3-5-9-17/h3-11,15-16H,12-14H2,1-2H3/t15-,16-/m0/s1. The van der Waals surface area contributed by atoms with Crippen LogP contribution < -0.4 is 0 Å². The van der Waals surface area contributed by atoms with Crippen LogP contribution in [0, 0.1) is 0 Å². The second-order valence-electron chi connectivity index (χ2n) is 6.54. The fourth-order valence-corrected chi connectivity index (χ4v) is 3.21. The summed E-state index contributed by atoms with van der Waals surface area (Å²) >= 11 is 0. The van der Waals surface area contributed by atoms with Crippen molar-refractivity contribution >= 4 is 11.9 Å². The molecule has 0 bridgehead atoms. The van der Waals surface area contributed by atoms with Crippen LogP contribution in [0.25, 0.3) is 11.1 Å². The van der Waals surface area contributed by atoms with Crippen molar-refractivity contribution in [2.75, 3.05) is 19.7 Å². The number of amides is 1. The second-order valence-corrected chi connectivity index (χ2v) is 6.54. The lowest BCUT2D eigenvalue weighted by atomic mass is 10.00. The molecule has 0 unspecified atom stereocenters. The summed E-state index contributed by atoms with van der Waals surface area (Å²) in [5.41, 5.74) is 2.18. The van der Waals surface area contributed by atoms with E-state index in [1.165, 1.54) is 0 Å². The van der Waals surface area contributed by atoms with Gasteiger partial charge in [-0.2, -0.15) is 0 Å². The van der Waals surface area contributed by atoms with Crippen molar-refractivity contribution < 1.29 is 19.1 Å². The number of carbonyl (C=O) groups is 2. The van der Waals surface area contributed by atoms with Crippen LogP contribution in [0.2, 0.25) is 0 Å². The van der Waals surface area contributed by atoms with Gasteiger partial charge in [0.1, 0.15) is 0 Å². The lowest BCUT2D eigenvalue weighted by molar-refractivity contribution is -0.146. The van der Waals surface area contributed by atoms with Crippen molar-refractivity contribution in [3.63, 3.8) is 0 Å².